The number of unbranched alkanes of at least 4 members (excludes halogenated alkanes) is 1. The van der Waals surface area contributed by atoms with E-state index in [1.54, 1.807) is 7.11 Å². The van der Waals surface area contributed by atoms with Gasteiger partial charge in [-0.2, -0.15) is 0 Å². The number of hydrogen-bond donors (Lipinski definition) is 2. The van der Waals surface area contributed by atoms with Gasteiger partial charge in [0.25, 0.3) is 0 Å². The van der Waals surface area contributed by atoms with Gasteiger partial charge in [-0.05, 0) is 45.0 Å². The molecule has 32 heavy (non-hydrogen) atoms. The number of para-hydroxylation sites is 1. The van der Waals surface area contributed by atoms with E-state index >= 15 is 0 Å². The highest BCUT2D eigenvalue weighted by atomic mass is 16.5. The summed E-state index contributed by atoms with van der Waals surface area (Å²) in [5.41, 5.74) is 9.08. The minimum absolute atomic E-state index is 0.498. The van der Waals surface area contributed by atoms with Gasteiger partial charge in [0.15, 0.2) is 5.82 Å². The second-order valence-corrected chi connectivity index (χ2v) is 8.40. The van der Waals surface area contributed by atoms with Gasteiger partial charge in [-0.3, -0.25) is 4.90 Å². The fraction of sp³-hybridized carbons (Fsp3) is 0.583. The molecule has 2 aromatic heterocycles. The van der Waals surface area contributed by atoms with E-state index in [0.29, 0.717) is 12.4 Å². The van der Waals surface area contributed by atoms with Crippen molar-refractivity contribution in [2.24, 2.45) is 0 Å². The molecular weight excluding hydrogens is 404 g/mol. The van der Waals surface area contributed by atoms with Crippen LogP contribution in [0.15, 0.2) is 24.3 Å². The lowest BCUT2D eigenvalue weighted by molar-refractivity contribution is 0.0374. The third kappa shape index (κ3) is 5.56. The predicted octanol–water partition coefficient (Wildman–Crippen LogP) is 2.45. The summed E-state index contributed by atoms with van der Waals surface area (Å²) in [6.07, 6.45) is 4.15. The number of nitrogens with one attached hydrogen (secondary N) is 1. The Kier molecular flexibility index (Phi) is 8.28. The molecule has 1 saturated heterocycles. The van der Waals surface area contributed by atoms with Gasteiger partial charge < -0.3 is 25.1 Å². The number of hydrogen-bond acceptors (Lipinski definition) is 7. The standard InChI is InChI=1S/C24H36N6O2/c1-31-16-9-21-28-22-23(19-7-2-3-8-20(19)27-24(22)25)30(21)13-5-4-10-26-11-6-12-29-14-17-32-18-15-29/h2-3,7-8,26H,4-6,9-18H2,1H3,(H2,25,27). The Morgan fingerprint density at radius 1 is 1.06 bits per heavy atom. The number of benzene rings is 1. The van der Waals surface area contributed by atoms with Crippen LogP contribution in [-0.4, -0.2) is 79.1 Å². The van der Waals surface area contributed by atoms with Crippen molar-refractivity contribution in [2.45, 2.75) is 32.2 Å². The average molecular weight is 441 g/mol. The maximum atomic E-state index is 6.27. The van der Waals surface area contributed by atoms with E-state index in [2.05, 4.69) is 25.8 Å². The summed E-state index contributed by atoms with van der Waals surface area (Å²) in [5.74, 6) is 1.52. The molecule has 1 aromatic carbocycles. The number of rotatable bonds is 12. The molecule has 8 heteroatoms. The molecule has 0 radical (unpaired) electrons. The molecular formula is C24H36N6O2. The molecule has 0 amide bonds. The monoisotopic (exact) mass is 440 g/mol. The van der Waals surface area contributed by atoms with E-state index in [-0.39, 0.29) is 0 Å². The average Bonchev–Trinajstić information content (AvgIpc) is 3.19. The maximum absolute atomic E-state index is 6.27. The SMILES string of the molecule is COCCc1nc2c(N)nc3ccccc3c2n1CCCCNCCCN1CCOCC1. The molecule has 1 fully saturated rings. The number of morpholine rings is 1. The minimum Gasteiger partial charge on any atom is -0.384 e. The molecule has 174 valence electrons. The predicted molar refractivity (Wildman–Crippen MR) is 129 cm³/mol. The molecule has 3 N–H and O–H groups in total. The van der Waals surface area contributed by atoms with E-state index in [1.165, 1.54) is 6.42 Å². The van der Waals surface area contributed by atoms with Crippen molar-refractivity contribution in [1.29, 1.82) is 0 Å². The molecule has 0 aliphatic carbocycles. The number of fused-ring (bicyclic) bond motifs is 3. The number of nitrogens with two attached hydrogens (primary N) is 1. The Morgan fingerprint density at radius 2 is 1.88 bits per heavy atom. The Labute approximate surface area is 190 Å². The molecule has 0 unspecified atom stereocenters. The molecule has 3 aromatic rings. The van der Waals surface area contributed by atoms with Crippen molar-refractivity contribution in [3.63, 3.8) is 0 Å². The first kappa shape index (κ1) is 22.9. The van der Waals surface area contributed by atoms with Crippen LogP contribution in [0.2, 0.25) is 0 Å². The molecule has 8 nitrogen and oxygen atoms in total. The molecule has 0 bridgehead atoms. The minimum atomic E-state index is 0.498. The summed E-state index contributed by atoms with van der Waals surface area (Å²) >= 11 is 0. The summed E-state index contributed by atoms with van der Waals surface area (Å²) in [6, 6.07) is 8.17. The number of ether oxygens (including phenoxy) is 2. The number of methoxy groups -OCH3 is 1. The lowest BCUT2D eigenvalue weighted by atomic mass is 10.2. The fourth-order valence-electron chi connectivity index (χ4n) is 4.43. The van der Waals surface area contributed by atoms with Crippen LogP contribution < -0.4 is 11.1 Å². The summed E-state index contributed by atoms with van der Waals surface area (Å²) in [6.45, 7) is 8.70. The smallest absolute Gasteiger partial charge is 0.152 e. The third-order valence-corrected chi connectivity index (χ3v) is 6.14. The summed E-state index contributed by atoms with van der Waals surface area (Å²) < 4.78 is 13.1. The molecule has 4 rings (SSSR count). The zero-order valence-corrected chi connectivity index (χ0v) is 19.2. The van der Waals surface area contributed by atoms with Crippen LogP contribution in [0.3, 0.4) is 0 Å². The lowest BCUT2D eigenvalue weighted by Crippen LogP contribution is -2.37. The van der Waals surface area contributed by atoms with Gasteiger partial charge in [0.2, 0.25) is 0 Å². The van der Waals surface area contributed by atoms with Gasteiger partial charge >= 0.3 is 0 Å². The number of pyridine rings is 1. The number of imidazole rings is 1. The van der Waals surface area contributed by atoms with Crippen molar-refractivity contribution in [3.05, 3.63) is 30.1 Å². The first-order valence-corrected chi connectivity index (χ1v) is 11.8. The van der Waals surface area contributed by atoms with Gasteiger partial charge in [-0.15, -0.1) is 0 Å². The van der Waals surface area contributed by atoms with Gasteiger partial charge in [0, 0.05) is 38.6 Å². The molecule has 0 saturated carbocycles. The first-order valence-electron chi connectivity index (χ1n) is 11.8. The van der Waals surface area contributed by atoms with E-state index in [1.807, 2.05) is 18.2 Å². The Hall–Kier alpha value is -2.26. The molecule has 0 spiro atoms. The van der Waals surface area contributed by atoms with E-state index in [4.69, 9.17) is 20.2 Å². The summed E-state index contributed by atoms with van der Waals surface area (Å²) in [7, 11) is 1.73. The van der Waals surface area contributed by atoms with Crippen LogP contribution in [-0.2, 0) is 22.4 Å². The largest absolute Gasteiger partial charge is 0.384 e. The van der Waals surface area contributed by atoms with E-state index in [0.717, 1.165) is 99.5 Å². The quantitative estimate of drug-likeness (QED) is 0.418. The lowest BCUT2D eigenvalue weighted by Gasteiger charge is -2.26. The van der Waals surface area contributed by atoms with Crippen molar-refractivity contribution >= 4 is 27.8 Å². The summed E-state index contributed by atoms with van der Waals surface area (Å²) in [4.78, 5) is 11.9. The van der Waals surface area contributed by atoms with Gasteiger partial charge in [-0.1, -0.05) is 18.2 Å². The van der Waals surface area contributed by atoms with Gasteiger partial charge in [0.05, 0.1) is 30.9 Å². The van der Waals surface area contributed by atoms with Gasteiger partial charge in [-0.25, -0.2) is 9.97 Å². The maximum Gasteiger partial charge on any atom is 0.152 e. The second-order valence-electron chi connectivity index (χ2n) is 8.40. The van der Waals surface area contributed by atoms with Crippen molar-refractivity contribution in [2.75, 3.05) is 65.4 Å². The topological polar surface area (TPSA) is 90.5 Å². The number of nitrogen functional groups attached to an aromatic ring is 1. The Balaban J connectivity index is 1.34. The zero-order chi connectivity index (χ0) is 22.2. The van der Waals surface area contributed by atoms with Crippen LogP contribution in [0.25, 0.3) is 21.9 Å². The van der Waals surface area contributed by atoms with Crippen LogP contribution >= 0.6 is 0 Å². The number of anilines is 1. The molecule has 1 aliphatic heterocycles. The van der Waals surface area contributed by atoms with Crippen molar-refractivity contribution < 1.29 is 9.47 Å². The zero-order valence-electron chi connectivity index (χ0n) is 19.2. The normalized spacial score (nSPS) is 15.2. The van der Waals surface area contributed by atoms with E-state index < -0.39 is 0 Å². The van der Waals surface area contributed by atoms with Crippen LogP contribution in [0.4, 0.5) is 5.82 Å². The highest BCUT2D eigenvalue weighted by molar-refractivity contribution is 6.06. The fourth-order valence-corrected chi connectivity index (χ4v) is 4.43. The van der Waals surface area contributed by atoms with Crippen LogP contribution in [0, 0.1) is 0 Å². The molecule has 0 atom stereocenters. The van der Waals surface area contributed by atoms with Crippen LogP contribution in [0.1, 0.15) is 25.1 Å². The van der Waals surface area contributed by atoms with Crippen LogP contribution in [0.5, 0.6) is 0 Å². The Morgan fingerprint density at radius 3 is 2.72 bits per heavy atom. The second kappa shape index (κ2) is 11.6. The molecule has 1 aliphatic rings. The van der Waals surface area contributed by atoms with E-state index in [9.17, 15) is 0 Å². The van der Waals surface area contributed by atoms with Crippen molar-refractivity contribution in [1.82, 2.24) is 24.8 Å². The summed E-state index contributed by atoms with van der Waals surface area (Å²) in [5, 5.41) is 4.70. The highest BCUT2D eigenvalue weighted by Crippen LogP contribution is 2.29. The number of nitrogens with zero attached hydrogens (tertiary/aromatic N) is 4. The van der Waals surface area contributed by atoms with Crippen molar-refractivity contribution in [3.8, 4) is 0 Å². The number of aromatic nitrogens is 3. The van der Waals surface area contributed by atoms with Gasteiger partial charge in [0.1, 0.15) is 11.3 Å². The molecule has 3 heterocycles. The number of aryl methyl sites for hydroxylation is 1. The Bertz CT molecular complexity index is 999. The first-order chi connectivity index (χ1) is 15.8. The third-order valence-electron chi connectivity index (χ3n) is 6.14. The highest BCUT2D eigenvalue weighted by Gasteiger charge is 2.17.